The van der Waals surface area contributed by atoms with Crippen LogP contribution in [0.4, 0.5) is 13.2 Å². The fourth-order valence-electron chi connectivity index (χ4n) is 3.57. The Morgan fingerprint density at radius 3 is 2.58 bits per heavy atom. The highest BCUT2D eigenvalue weighted by Crippen LogP contribution is 2.51. The second-order valence-corrected chi connectivity index (χ2v) is 7.34. The number of hydrogen-bond donors (Lipinski definition) is 0. The summed E-state index contributed by atoms with van der Waals surface area (Å²) in [4.78, 5) is 12.0. The first-order valence-electron chi connectivity index (χ1n) is 7.44. The van der Waals surface area contributed by atoms with Gasteiger partial charge in [-0.25, -0.2) is 0 Å². The number of aromatic nitrogens is 4. The second kappa shape index (κ2) is 5.72. The molecular weight excluding hydrogens is 389 g/mol. The van der Waals surface area contributed by atoms with E-state index in [2.05, 4.69) is 33.1 Å². The highest BCUT2D eigenvalue weighted by molar-refractivity contribution is 9.10. The van der Waals surface area contributed by atoms with Gasteiger partial charge in [0.25, 0.3) is 5.56 Å². The Morgan fingerprint density at radius 2 is 2.08 bits per heavy atom. The lowest BCUT2D eigenvalue weighted by Crippen LogP contribution is -2.44. The Labute approximate surface area is 144 Å². The van der Waals surface area contributed by atoms with Crippen molar-refractivity contribution in [1.29, 1.82) is 0 Å². The molecule has 0 bridgehead atoms. The van der Waals surface area contributed by atoms with E-state index in [0.29, 0.717) is 21.9 Å². The first-order valence-corrected chi connectivity index (χ1v) is 8.23. The standard InChI is InChI=1S/C15H16BrF3N4O/c1-9-4-14(5-9,13-21-20-8-22(13)2)10-3-11(16)12(24)23(6-10)7-15(17,18)19/h3,6,8-9H,4-5,7H2,1-2H3. The summed E-state index contributed by atoms with van der Waals surface area (Å²) >= 11 is 3.10. The molecular formula is C15H16BrF3N4O. The largest absolute Gasteiger partial charge is 0.406 e. The lowest BCUT2D eigenvalue weighted by molar-refractivity contribution is -0.141. The van der Waals surface area contributed by atoms with Crippen LogP contribution in [-0.2, 0) is 19.0 Å². The van der Waals surface area contributed by atoms with Gasteiger partial charge in [-0.05, 0) is 46.3 Å². The molecule has 24 heavy (non-hydrogen) atoms. The average Bonchev–Trinajstić information content (AvgIpc) is 2.85. The average molecular weight is 405 g/mol. The van der Waals surface area contributed by atoms with E-state index < -0.39 is 23.7 Å². The Kier molecular flexibility index (Phi) is 4.09. The molecule has 0 spiro atoms. The van der Waals surface area contributed by atoms with Crippen molar-refractivity contribution in [2.45, 2.75) is 37.9 Å². The summed E-state index contributed by atoms with van der Waals surface area (Å²) < 4.78 is 40.9. The molecule has 1 saturated carbocycles. The fourth-order valence-corrected chi connectivity index (χ4v) is 4.04. The van der Waals surface area contributed by atoms with E-state index in [9.17, 15) is 18.0 Å². The van der Waals surface area contributed by atoms with Crippen LogP contribution in [0.25, 0.3) is 0 Å². The molecule has 1 aliphatic carbocycles. The van der Waals surface area contributed by atoms with Crippen molar-refractivity contribution in [3.63, 3.8) is 0 Å². The molecule has 2 heterocycles. The third-order valence-electron chi connectivity index (χ3n) is 4.48. The first kappa shape index (κ1) is 17.2. The Balaban J connectivity index is 2.13. The van der Waals surface area contributed by atoms with Crippen molar-refractivity contribution in [3.05, 3.63) is 44.8 Å². The molecule has 0 aliphatic heterocycles. The van der Waals surface area contributed by atoms with Crippen LogP contribution in [0.2, 0.25) is 0 Å². The lowest BCUT2D eigenvalue weighted by Gasteiger charge is -2.46. The SMILES string of the molecule is CC1CC(c2cc(Br)c(=O)n(CC(F)(F)F)c2)(c2nncn2C)C1. The number of rotatable bonds is 3. The fraction of sp³-hybridized carbons (Fsp3) is 0.533. The van der Waals surface area contributed by atoms with Gasteiger partial charge in [0, 0.05) is 13.2 Å². The summed E-state index contributed by atoms with van der Waals surface area (Å²) in [7, 11) is 1.81. The monoisotopic (exact) mass is 404 g/mol. The van der Waals surface area contributed by atoms with Gasteiger partial charge in [0.1, 0.15) is 18.7 Å². The maximum Gasteiger partial charge on any atom is 0.406 e. The molecule has 2 aromatic rings. The minimum absolute atomic E-state index is 0.116. The van der Waals surface area contributed by atoms with E-state index in [0.717, 1.165) is 12.8 Å². The molecule has 1 fully saturated rings. The molecule has 3 rings (SSSR count). The van der Waals surface area contributed by atoms with Crippen LogP contribution >= 0.6 is 15.9 Å². The van der Waals surface area contributed by atoms with Crippen molar-refractivity contribution >= 4 is 15.9 Å². The number of nitrogens with zero attached hydrogens (tertiary/aromatic N) is 4. The molecule has 0 atom stereocenters. The van der Waals surface area contributed by atoms with Gasteiger partial charge < -0.3 is 9.13 Å². The Morgan fingerprint density at radius 1 is 1.42 bits per heavy atom. The minimum atomic E-state index is -4.47. The summed E-state index contributed by atoms with van der Waals surface area (Å²) in [5, 5.41) is 8.06. The van der Waals surface area contributed by atoms with Crippen LogP contribution in [0.3, 0.4) is 0 Å². The maximum atomic E-state index is 12.8. The molecule has 130 valence electrons. The molecule has 2 aromatic heterocycles. The van der Waals surface area contributed by atoms with Gasteiger partial charge in [0.05, 0.1) is 9.89 Å². The first-order chi connectivity index (χ1) is 11.1. The zero-order chi connectivity index (χ0) is 17.7. The van der Waals surface area contributed by atoms with Crippen LogP contribution in [-0.4, -0.2) is 25.5 Å². The van der Waals surface area contributed by atoms with Crippen LogP contribution in [0, 0.1) is 5.92 Å². The molecule has 1 aliphatic rings. The normalized spacial score (nSPS) is 24.0. The van der Waals surface area contributed by atoms with Crippen LogP contribution in [0.5, 0.6) is 0 Å². The van der Waals surface area contributed by atoms with Crippen molar-refractivity contribution in [1.82, 2.24) is 19.3 Å². The van der Waals surface area contributed by atoms with E-state index in [-0.39, 0.29) is 4.47 Å². The highest BCUT2D eigenvalue weighted by Gasteiger charge is 2.48. The summed E-state index contributed by atoms with van der Waals surface area (Å²) in [5.74, 6) is 1.12. The maximum absolute atomic E-state index is 12.8. The van der Waals surface area contributed by atoms with Crippen molar-refractivity contribution in [2.75, 3.05) is 0 Å². The summed E-state index contributed by atoms with van der Waals surface area (Å²) in [6, 6.07) is 1.61. The van der Waals surface area contributed by atoms with E-state index in [1.807, 2.05) is 0 Å². The highest BCUT2D eigenvalue weighted by atomic mass is 79.9. The molecule has 9 heteroatoms. The minimum Gasteiger partial charge on any atom is -0.320 e. The van der Waals surface area contributed by atoms with Gasteiger partial charge in [-0.3, -0.25) is 4.79 Å². The predicted molar refractivity (Wildman–Crippen MR) is 84.6 cm³/mol. The number of halogens is 4. The van der Waals surface area contributed by atoms with Crippen molar-refractivity contribution in [2.24, 2.45) is 13.0 Å². The predicted octanol–water partition coefficient (Wildman–Crippen LogP) is 3.02. The van der Waals surface area contributed by atoms with Gasteiger partial charge >= 0.3 is 6.18 Å². The number of alkyl halides is 3. The Bertz CT molecular complexity index is 821. The molecule has 0 amide bonds. The molecule has 0 N–H and O–H groups in total. The summed E-state index contributed by atoms with van der Waals surface area (Å²) in [5.41, 5.74) is -0.571. The number of hydrogen-bond acceptors (Lipinski definition) is 3. The molecule has 5 nitrogen and oxygen atoms in total. The number of aryl methyl sites for hydroxylation is 1. The summed E-state index contributed by atoms with van der Waals surface area (Å²) in [6.07, 6.45) is -0.0961. The van der Waals surface area contributed by atoms with Gasteiger partial charge in [-0.15, -0.1) is 10.2 Å². The van der Waals surface area contributed by atoms with E-state index in [1.165, 1.54) is 6.20 Å². The topological polar surface area (TPSA) is 52.7 Å². The molecule has 0 saturated heterocycles. The van der Waals surface area contributed by atoms with Crippen LogP contribution in [0.1, 0.15) is 31.2 Å². The lowest BCUT2D eigenvalue weighted by atomic mass is 9.59. The molecule has 0 aromatic carbocycles. The van der Waals surface area contributed by atoms with Gasteiger partial charge in [-0.2, -0.15) is 13.2 Å². The van der Waals surface area contributed by atoms with E-state index in [4.69, 9.17) is 0 Å². The zero-order valence-electron chi connectivity index (χ0n) is 13.1. The zero-order valence-corrected chi connectivity index (χ0v) is 14.7. The summed E-state index contributed by atoms with van der Waals surface area (Å²) in [6.45, 7) is 0.762. The quantitative estimate of drug-likeness (QED) is 0.789. The molecule has 0 radical (unpaired) electrons. The third-order valence-corrected chi connectivity index (χ3v) is 5.05. The van der Waals surface area contributed by atoms with Gasteiger partial charge in [-0.1, -0.05) is 6.92 Å². The Hall–Kier alpha value is -1.64. The second-order valence-electron chi connectivity index (χ2n) is 6.49. The van der Waals surface area contributed by atoms with E-state index >= 15 is 0 Å². The third kappa shape index (κ3) is 2.89. The van der Waals surface area contributed by atoms with Gasteiger partial charge in [0.2, 0.25) is 0 Å². The van der Waals surface area contributed by atoms with Crippen molar-refractivity contribution < 1.29 is 13.2 Å². The van der Waals surface area contributed by atoms with Crippen LogP contribution < -0.4 is 5.56 Å². The number of pyridine rings is 1. The van der Waals surface area contributed by atoms with Crippen LogP contribution in [0.15, 0.2) is 27.9 Å². The van der Waals surface area contributed by atoms with Gasteiger partial charge in [0.15, 0.2) is 0 Å². The molecule has 0 unspecified atom stereocenters. The van der Waals surface area contributed by atoms with Crippen molar-refractivity contribution in [3.8, 4) is 0 Å². The van der Waals surface area contributed by atoms with E-state index in [1.54, 1.807) is 24.0 Å². The smallest absolute Gasteiger partial charge is 0.320 e.